The normalized spacial score (nSPS) is 18.5. The molecule has 0 saturated carbocycles. The Morgan fingerprint density at radius 3 is 2.55 bits per heavy atom. The molecule has 1 aromatic heterocycles. The molecule has 1 aliphatic heterocycles. The number of ether oxygens (including phenoxy) is 2. The maximum Gasteiger partial charge on any atom is 0.295 e. The van der Waals surface area contributed by atoms with Crippen molar-refractivity contribution >= 4 is 28.8 Å². The highest BCUT2D eigenvalue weighted by Gasteiger charge is 2.46. The number of thiophene rings is 1. The summed E-state index contributed by atoms with van der Waals surface area (Å²) in [5.41, 5.74) is 2.40. The molecule has 1 saturated heterocycles. The van der Waals surface area contributed by atoms with Crippen LogP contribution < -0.4 is 4.74 Å². The van der Waals surface area contributed by atoms with Crippen molar-refractivity contribution in [1.29, 1.82) is 0 Å². The van der Waals surface area contributed by atoms with Crippen LogP contribution in [-0.2, 0) is 14.3 Å². The number of ketones is 1. The molecule has 1 N–H and O–H groups in total. The van der Waals surface area contributed by atoms with Gasteiger partial charge in [0, 0.05) is 24.1 Å². The predicted octanol–water partition coefficient (Wildman–Crippen LogP) is 3.83. The van der Waals surface area contributed by atoms with Gasteiger partial charge < -0.3 is 19.5 Å². The Morgan fingerprint density at radius 1 is 1.21 bits per heavy atom. The third-order valence-corrected chi connectivity index (χ3v) is 6.05. The molecule has 0 spiro atoms. The molecule has 1 aromatic carbocycles. The zero-order chi connectivity index (χ0) is 21.1. The van der Waals surface area contributed by atoms with E-state index in [0.29, 0.717) is 18.8 Å². The van der Waals surface area contributed by atoms with E-state index in [1.165, 1.54) is 16.2 Å². The molecular formula is C22H25NO5S. The number of aryl methyl sites for hydroxylation is 2. The third kappa shape index (κ3) is 3.93. The van der Waals surface area contributed by atoms with E-state index in [0.717, 1.165) is 21.8 Å². The number of rotatable bonds is 7. The van der Waals surface area contributed by atoms with E-state index in [-0.39, 0.29) is 17.9 Å². The summed E-state index contributed by atoms with van der Waals surface area (Å²) in [7, 11) is 1.55. The summed E-state index contributed by atoms with van der Waals surface area (Å²) in [4.78, 5) is 28.0. The van der Waals surface area contributed by atoms with Gasteiger partial charge in [0.05, 0.1) is 24.8 Å². The Morgan fingerprint density at radius 2 is 1.97 bits per heavy atom. The molecule has 2 heterocycles. The van der Waals surface area contributed by atoms with Crippen LogP contribution in [0.25, 0.3) is 5.76 Å². The first-order valence-corrected chi connectivity index (χ1v) is 10.3. The average molecular weight is 416 g/mol. The predicted molar refractivity (Wildman–Crippen MR) is 112 cm³/mol. The highest BCUT2D eigenvalue weighted by atomic mass is 32.1. The first-order valence-electron chi connectivity index (χ1n) is 9.45. The van der Waals surface area contributed by atoms with Gasteiger partial charge in [-0.1, -0.05) is 0 Å². The van der Waals surface area contributed by atoms with Gasteiger partial charge >= 0.3 is 0 Å². The fraction of sp³-hybridized carbons (Fsp3) is 0.364. The lowest BCUT2D eigenvalue weighted by molar-refractivity contribution is -0.140. The van der Waals surface area contributed by atoms with Gasteiger partial charge in [0.15, 0.2) is 0 Å². The molecule has 6 nitrogen and oxygen atoms in total. The van der Waals surface area contributed by atoms with Crippen molar-refractivity contribution < 1.29 is 24.2 Å². The maximum atomic E-state index is 12.9. The summed E-state index contributed by atoms with van der Waals surface area (Å²) in [5, 5.41) is 13.0. The van der Waals surface area contributed by atoms with Gasteiger partial charge in [-0.2, -0.15) is 0 Å². The lowest BCUT2D eigenvalue weighted by Gasteiger charge is -2.24. The number of carbonyl (C=O) groups is 2. The number of benzene rings is 1. The van der Waals surface area contributed by atoms with Crippen LogP contribution in [0.4, 0.5) is 0 Å². The van der Waals surface area contributed by atoms with E-state index >= 15 is 0 Å². The Kier molecular flexibility index (Phi) is 6.39. The number of carbonyl (C=O) groups excluding carboxylic acids is 2. The monoisotopic (exact) mass is 415 g/mol. The van der Waals surface area contributed by atoms with Crippen LogP contribution in [0, 0.1) is 13.8 Å². The molecule has 154 valence electrons. The Balaban J connectivity index is 2.13. The van der Waals surface area contributed by atoms with Crippen molar-refractivity contribution in [1.82, 2.24) is 4.90 Å². The second-order valence-corrected chi connectivity index (χ2v) is 7.81. The standard InChI is InChI=1S/C22H25NO5S/c1-5-28-16-7-6-15(12-14(16)3)19(24)17-18(21-13(2)8-11-29-21)23(9-10-27-4)22(26)20(17)25/h6-8,11-12,18,24H,5,9-10H2,1-4H3/b19-17-. The number of hydrogen-bond acceptors (Lipinski definition) is 6. The summed E-state index contributed by atoms with van der Waals surface area (Å²) >= 11 is 1.46. The highest BCUT2D eigenvalue weighted by molar-refractivity contribution is 7.10. The zero-order valence-corrected chi connectivity index (χ0v) is 17.8. The number of amides is 1. The van der Waals surface area contributed by atoms with E-state index in [9.17, 15) is 14.7 Å². The van der Waals surface area contributed by atoms with E-state index < -0.39 is 17.7 Å². The fourth-order valence-electron chi connectivity index (χ4n) is 3.51. The molecular weight excluding hydrogens is 390 g/mol. The van der Waals surface area contributed by atoms with Crippen LogP contribution in [0.1, 0.15) is 34.5 Å². The average Bonchev–Trinajstić information content (AvgIpc) is 3.22. The Bertz CT molecular complexity index is 962. The molecule has 1 atom stereocenters. The summed E-state index contributed by atoms with van der Waals surface area (Å²) in [6, 6.07) is 6.55. The van der Waals surface area contributed by atoms with E-state index in [4.69, 9.17) is 9.47 Å². The largest absolute Gasteiger partial charge is 0.507 e. The van der Waals surface area contributed by atoms with Crippen molar-refractivity contribution in [2.45, 2.75) is 26.8 Å². The van der Waals surface area contributed by atoms with Crippen LogP contribution in [0.5, 0.6) is 5.75 Å². The smallest absolute Gasteiger partial charge is 0.295 e. The first-order chi connectivity index (χ1) is 13.9. The molecule has 2 aromatic rings. The Hall–Kier alpha value is -2.64. The molecule has 1 amide bonds. The van der Waals surface area contributed by atoms with Gasteiger partial charge in [-0.25, -0.2) is 0 Å². The number of hydrogen-bond donors (Lipinski definition) is 1. The number of Topliss-reactive ketones (excluding diaryl/α,β-unsaturated/α-hetero) is 1. The lowest BCUT2D eigenvalue weighted by atomic mass is 9.97. The van der Waals surface area contributed by atoms with Crippen LogP contribution in [0.15, 0.2) is 35.2 Å². The highest BCUT2D eigenvalue weighted by Crippen LogP contribution is 2.42. The lowest BCUT2D eigenvalue weighted by Crippen LogP contribution is -2.32. The van der Waals surface area contributed by atoms with Crippen LogP contribution in [-0.4, -0.2) is 48.6 Å². The van der Waals surface area contributed by atoms with Crippen LogP contribution in [0.2, 0.25) is 0 Å². The zero-order valence-electron chi connectivity index (χ0n) is 17.0. The van der Waals surface area contributed by atoms with E-state index in [2.05, 4.69) is 0 Å². The SMILES string of the molecule is CCOc1ccc(/C(O)=C2/C(=O)C(=O)N(CCOC)C2c2sccc2C)cc1C. The van der Waals surface area contributed by atoms with Crippen molar-refractivity contribution in [2.75, 3.05) is 26.9 Å². The van der Waals surface area contributed by atoms with Crippen molar-refractivity contribution in [3.63, 3.8) is 0 Å². The van der Waals surface area contributed by atoms with Crippen molar-refractivity contribution in [3.8, 4) is 5.75 Å². The molecule has 1 aliphatic rings. The number of aliphatic hydroxyl groups excluding tert-OH is 1. The molecule has 29 heavy (non-hydrogen) atoms. The van der Waals surface area contributed by atoms with E-state index in [1.807, 2.05) is 32.2 Å². The second-order valence-electron chi connectivity index (χ2n) is 6.87. The molecule has 1 fully saturated rings. The van der Waals surface area contributed by atoms with Gasteiger partial charge in [0.2, 0.25) is 0 Å². The minimum Gasteiger partial charge on any atom is -0.507 e. The van der Waals surface area contributed by atoms with Crippen LogP contribution >= 0.6 is 11.3 Å². The molecule has 0 aliphatic carbocycles. The summed E-state index contributed by atoms with van der Waals surface area (Å²) in [6.45, 7) is 6.81. The summed E-state index contributed by atoms with van der Waals surface area (Å²) < 4.78 is 10.7. The second kappa shape index (κ2) is 8.80. The van der Waals surface area contributed by atoms with Gasteiger partial charge in [0.1, 0.15) is 11.5 Å². The molecule has 7 heteroatoms. The minimum absolute atomic E-state index is 0.111. The number of aliphatic hydroxyl groups is 1. The van der Waals surface area contributed by atoms with E-state index in [1.54, 1.807) is 25.3 Å². The summed E-state index contributed by atoms with van der Waals surface area (Å²) in [6.07, 6.45) is 0. The topological polar surface area (TPSA) is 76.1 Å². The fourth-order valence-corrected chi connectivity index (χ4v) is 4.55. The van der Waals surface area contributed by atoms with Gasteiger partial charge in [-0.3, -0.25) is 9.59 Å². The van der Waals surface area contributed by atoms with Gasteiger partial charge in [0.25, 0.3) is 11.7 Å². The summed E-state index contributed by atoms with van der Waals surface area (Å²) in [5.74, 6) is -0.755. The third-order valence-electron chi connectivity index (χ3n) is 4.97. The van der Waals surface area contributed by atoms with Gasteiger partial charge in [-0.15, -0.1) is 11.3 Å². The maximum absolute atomic E-state index is 12.9. The Labute approximate surface area is 174 Å². The number of likely N-dealkylation sites (tertiary alicyclic amines) is 1. The molecule has 0 radical (unpaired) electrons. The van der Waals surface area contributed by atoms with Gasteiger partial charge in [-0.05, 0) is 61.5 Å². The molecule has 3 rings (SSSR count). The van der Waals surface area contributed by atoms with Crippen LogP contribution in [0.3, 0.4) is 0 Å². The number of methoxy groups -OCH3 is 1. The minimum atomic E-state index is -0.678. The number of nitrogens with zero attached hydrogens (tertiary/aromatic N) is 1. The van der Waals surface area contributed by atoms with Crippen molar-refractivity contribution in [2.24, 2.45) is 0 Å². The quantitative estimate of drug-likeness (QED) is 0.423. The first kappa shape index (κ1) is 21.1. The van der Waals surface area contributed by atoms with Crippen molar-refractivity contribution in [3.05, 3.63) is 56.8 Å². The molecule has 1 unspecified atom stereocenters. The molecule has 0 bridgehead atoms.